The molecule has 0 saturated heterocycles. The molecule has 0 bridgehead atoms. The highest BCUT2D eigenvalue weighted by Crippen LogP contribution is 2.45. The Hall–Kier alpha value is -7.32. The van der Waals surface area contributed by atoms with Crippen LogP contribution in [0, 0.1) is 0 Å². The summed E-state index contributed by atoms with van der Waals surface area (Å²) < 4.78 is 0. The van der Waals surface area contributed by atoms with Gasteiger partial charge in [0, 0.05) is 9.75 Å². The van der Waals surface area contributed by atoms with E-state index >= 15 is 0 Å². The van der Waals surface area contributed by atoms with Crippen molar-refractivity contribution in [2.75, 3.05) is 0 Å². The average molecular weight is 769 g/mol. The molecule has 0 N–H and O–H groups in total. The van der Waals surface area contributed by atoms with Crippen LogP contribution in [0.15, 0.2) is 218 Å². The van der Waals surface area contributed by atoms with E-state index in [4.69, 9.17) is 0 Å². The first-order chi connectivity index (χ1) is 29.2. The van der Waals surface area contributed by atoms with Gasteiger partial charge in [-0.1, -0.05) is 212 Å². The summed E-state index contributed by atoms with van der Waals surface area (Å²) in [6.07, 6.45) is 8.82. The average Bonchev–Trinajstić information content (AvgIpc) is 3.81. The van der Waals surface area contributed by atoms with Gasteiger partial charge in [-0.05, 0) is 119 Å². The molecule has 0 saturated carbocycles. The maximum Gasteiger partial charge on any atom is 0.0349 e. The lowest BCUT2D eigenvalue weighted by Crippen LogP contribution is -1.92. The van der Waals surface area contributed by atoms with Crippen LogP contribution in [0.3, 0.4) is 0 Å². The normalized spacial score (nSPS) is 11.6. The zero-order valence-electron chi connectivity index (χ0n) is 32.5. The van der Waals surface area contributed by atoms with E-state index < -0.39 is 0 Å². The van der Waals surface area contributed by atoms with Gasteiger partial charge in [0.2, 0.25) is 0 Å². The maximum atomic E-state index is 2.42. The van der Waals surface area contributed by atoms with Crippen LogP contribution in [0.5, 0.6) is 0 Å². The summed E-state index contributed by atoms with van der Waals surface area (Å²) in [5, 5.41) is 4.96. The third-order valence-corrected chi connectivity index (χ3v) is 12.3. The Morgan fingerprint density at radius 2 is 0.627 bits per heavy atom. The van der Waals surface area contributed by atoms with Crippen LogP contribution in [-0.2, 0) is 0 Å². The predicted molar refractivity (Wildman–Crippen MR) is 257 cm³/mol. The van der Waals surface area contributed by atoms with Crippen molar-refractivity contribution in [1.82, 2.24) is 0 Å². The summed E-state index contributed by atoms with van der Waals surface area (Å²) in [7, 11) is 0. The number of hydrogen-bond acceptors (Lipinski definition) is 1. The Bertz CT molecular complexity index is 3110. The molecule has 0 atom stereocenters. The van der Waals surface area contributed by atoms with Crippen molar-refractivity contribution < 1.29 is 0 Å². The largest absolute Gasteiger partial charge is 0.135 e. The number of fused-ring (bicyclic) bond motifs is 2. The molecular weight excluding hydrogens is 729 g/mol. The minimum Gasteiger partial charge on any atom is -0.135 e. The quantitative estimate of drug-likeness (QED) is 0.101. The minimum absolute atomic E-state index is 1.17. The SMILES string of the molecule is C(=C\c1cccc(-c2c3ccccc3c(-c3cccc(/C=C/c4ccccc4)c3)c3cc(-c4ccc(-c5ccc(-c6ccccc6)s5)cc4)ccc23)c1)/c1ccccc1. The summed E-state index contributed by atoms with van der Waals surface area (Å²) in [5.41, 5.74) is 14.5. The van der Waals surface area contributed by atoms with Gasteiger partial charge in [-0.15, -0.1) is 11.3 Å². The van der Waals surface area contributed by atoms with Gasteiger partial charge in [0.15, 0.2) is 0 Å². The zero-order chi connectivity index (χ0) is 39.4. The van der Waals surface area contributed by atoms with Crippen molar-refractivity contribution in [3.63, 3.8) is 0 Å². The molecular formula is C58H40S. The van der Waals surface area contributed by atoms with Gasteiger partial charge in [-0.25, -0.2) is 0 Å². The van der Waals surface area contributed by atoms with E-state index in [0.29, 0.717) is 0 Å². The summed E-state index contributed by atoms with van der Waals surface area (Å²) >= 11 is 1.84. The second kappa shape index (κ2) is 16.3. The van der Waals surface area contributed by atoms with Gasteiger partial charge in [-0.2, -0.15) is 0 Å². The maximum absolute atomic E-state index is 2.42. The van der Waals surface area contributed by atoms with Crippen molar-refractivity contribution in [1.29, 1.82) is 0 Å². The fourth-order valence-corrected chi connectivity index (χ4v) is 9.18. The van der Waals surface area contributed by atoms with Gasteiger partial charge in [0.25, 0.3) is 0 Å². The van der Waals surface area contributed by atoms with E-state index in [0.717, 1.165) is 0 Å². The summed E-state index contributed by atoms with van der Waals surface area (Å²) in [6, 6.07) is 79.2. The molecule has 10 aromatic rings. The number of thiophene rings is 1. The summed E-state index contributed by atoms with van der Waals surface area (Å²) in [5.74, 6) is 0. The molecule has 0 aliphatic carbocycles. The lowest BCUT2D eigenvalue weighted by atomic mass is 9.84. The van der Waals surface area contributed by atoms with Crippen LogP contribution in [0.2, 0.25) is 0 Å². The molecule has 0 unspecified atom stereocenters. The molecule has 0 fully saturated rings. The van der Waals surface area contributed by atoms with Gasteiger partial charge in [0.05, 0.1) is 0 Å². The first-order valence-electron chi connectivity index (χ1n) is 20.2. The van der Waals surface area contributed by atoms with E-state index in [1.807, 2.05) is 11.3 Å². The number of hydrogen-bond donors (Lipinski definition) is 0. The molecule has 0 aliphatic heterocycles. The summed E-state index contributed by atoms with van der Waals surface area (Å²) in [4.78, 5) is 2.56. The topological polar surface area (TPSA) is 0 Å². The molecule has 1 heteroatoms. The van der Waals surface area contributed by atoms with Gasteiger partial charge in [-0.3, -0.25) is 0 Å². The molecule has 0 spiro atoms. The van der Waals surface area contributed by atoms with Crippen molar-refractivity contribution >= 4 is 57.2 Å². The molecule has 9 aromatic carbocycles. The van der Waals surface area contributed by atoms with Gasteiger partial charge < -0.3 is 0 Å². The van der Waals surface area contributed by atoms with E-state index in [-0.39, 0.29) is 0 Å². The van der Waals surface area contributed by atoms with Crippen LogP contribution < -0.4 is 0 Å². The molecule has 0 aliphatic rings. The van der Waals surface area contributed by atoms with E-state index in [1.54, 1.807) is 0 Å². The Balaban J connectivity index is 1.12. The number of rotatable bonds is 9. The van der Waals surface area contributed by atoms with Crippen molar-refractivity contribution in [2.45, 2.75) is 0 Å². The van der Waals surface area contributed by atoms with Crippen LogP contribution in [0.1, 0.15) is 22.3 Å². The molecule has 0 nitrogen and oxygen atoms in total. The van der Waals surface area contributed by atoms with Crippen molar-refractivity contribution in [3.05, 3.63) is 241 Å². The fourth-order valence-electron chi connectivity index (χ4n) is 8.17. The molecule has 1 aromatic heterocycles. The molecule has 59 heavy (non-hydrogen) atoms. The van der Waals surface area contributed by atoms with E-state index in [1.165, 1.54) is 98.1 Å². The van der Waals surface area contributed by atoms with E-state index in [2.05, 4.69) is 243 Å². The first kappa shape index (κ1) is 36.0. The van der Waals surface area contributed by atoms with Crippen molar-refractivity contribution in [2.24, 2.45) is 0 Å². The second-order valence-corrected chi connectivity index (χ2v) is 16.0. The third kappa shape index (κ3) is 7.60. The Labute approximate surface area is 350 Å². The van der Waals surface area contributed by atoms with Crippen LogP contribution in [-0.4, -0.2) is 0 Å². The standard InChI is InChI=1S/C58H40S/c1-4-14-41(15-5-1)26-28-43-18-12-22-49(38-43)57-51-24-10-11-25-52(51)58(50-23-13-19-44(39-50)29-27-42-16-6-2-7-17-42)54-40-48(34-35-53(54)57)45-30-32-47(33-31-45)56-37-36-55(59-56)46-20-8-3-9-21-46/h1-40H/b28-26+,29-27+. The van der Waals surface area contributed by atoms with Gasteiger partial charge >= 0.3 is 0 Å². The van der Waals surface area contributed by atoms with Crippen molar-refractivity contribution in [3.8, 4) is 54.3 Å². The first-order valence-corrected chi connectivity index (χ1v) is 21.0. The highest BCUT2D eigenvalue weighted by Gasteiger charge is 2.18. The lowest BCUT2D eigenvalue weighted by molar-refractivity contribution is 1.61. The fraction of sp³-hybridized carbons (Fsp3) is 0. The summed E-state index contributed by atoms with van der Waals surface area (Å²) in [6.45, 7) is 0. The minimum atomic E-state index is 1.17. The monoisotopic (exact) mass is 768 g/mol. The highest BCUT2D eigenvalue weighted by atomic mass is 32.1. The van der Waals surface area contributed by atoms with Gasteiger partial charge in [0.1, 0.15) is 0 Å². The Morgan fingerprint density at radius 1 is 0.237 bits per heavy atom. The molecule has 278 valence electrons. The molecule has 10 rings (SSSR count). The molecule has 1 heterocycles. The molecule has 0 radical (unpaired) electrons. The lowest BCUT2D eigenvalue weighted by Gasteiger charge is -2.19. The van der Waals surface area contributed by atoms with Crippen LogP contribution in [0.25, 0.3) is 100 Å². The Kier molecular flexibility index (Phi) is 9.94. The molecule has 0 amide bonds. The van der Waals surface area contributed by atoms with Crippen LogP contribution in [0.4, 0.5) is 0 Å². The van der Waals surface area contributed by atoms with Crippen LogP contribution >= 0.6 is 11.3 Å². The Morgan fingerprint density at radius 3 is 1.19 bits per heavy atom. The zero-order valence-corrected chi connectivity index (χ0v) is 33.3. The third-order valence-electron chi connectivity index (χ3n) is 11.1. The highest BCUT2D eigenvalue weighted by molar-refractivity contribution is 7.18. The number of benzene rings is 9. The smallest absolute Gasteiger partial charge is 0.0349 e. The predicted octanol–water partition coefficient (Wildman–Crippen LogP) is 16.7. The second-order valence-electron chi connectivity index (χ2n) is 14.9. The van der Waals surface area contributed by atoms with E-state index in [9.17, 15) is 0 Å².